The maximum absolute atomic E-state index is 11.7. The lowest BCUT2D eigenvalue weighted by atomic mass is 10.1. The zero-order valence-corrected chi connectivity index (χ0v) is 10.3. The lowest BCUT2D eigenvalue weighted by Crippen LogP contribution is -2.42. The SMILES string of the molecule is COc1cc(CO)cc2c1OCC(=O)N2CC(=O)O. The third kappa shape index (κ3) is 2.45. The largest absolute Gasteiger partial charge is 0.493 e. The fraction of sp³-hybridized carbons (Fsp3) is 0.333. The third-order valence-corrected chi connectivity index (χ3v) is 2.72. The van der Waals surface area contributed by atoms with Crippen molar-refractivity contribution in [2.75, 3.05) is 25.2 Å². The van der Waals surface area contributed by atoms with E-state index >= 15 is 0 Å². The van der Waals surface area contributed by atoms with E-state index in [4.69, 9.17) is 14.6 Å². The van der Waals surface area contributed by atoms with Crippen molar-refractivity contribution >= 4 is 17.6 Å². The van der Waals surface area contributed by atoms with Gasteiger partial charge in [0.2, 0.25) is 0 Å². The standard InChI is InChI=1S/C12H13NO6/c1-18-9-3-7(5-14)2-8-12(9)19-6-10(15)13(8)4-11(16)17/h2-3,14H,4-6H2,1H3,(H,16,17). The zero-order valence-electron chi connectivity index (χ0n) is 10.3. The molecule has 0 aromatic heterocycles. The molecule has 0 fully saturated rings. The van der Waals surface area contributed by atoms with Gasteiger partial charge >= 0.3 is 5.97 Å². The molecule has 0 radical (unpaired) electrons. The minimum atomic E-state index is -1.13. The molecule has 0 spiro atoms. The number of carbonyl (C=O) groups excluding carboxylic acids is 1. The van der Waals surface area contributed by atoms with Crippen molar-refractivity contribution in [1.29, 1.82) is 0 Å². The van der Waals surface area contributed by atoms with Gasteiger partial charge in [0.1, 0.15) is 6.54 Å². The van der Waals surface area contributed by atoms with E-state index in [1.165, 1.54) is 13.2 Å². The van der Waals surface area contributed by atoms with Gasteiger partial charge in [0, 0.05) is 0 Å². The van der Waals surface area contributed by atoms with Crippen LogP contribution in [-0.4, -0.2) is 42.4 Å². The average molecular weight is 267 g/mol. The van der Waals surface area contributed by atoms with Gasteiger partial charge in [-0.25, -0.2) is 0 Å². The number of carboxylic acid groups (broad SMARTS) is 1. The van der Waals surface area contributed by atoms with Gasteiger partial charge in [0.15, 0.2) is 18.1 Å². The van der Waals surface area contributed by atoms with E-state index in [1.54, 1.807) is 6.07 Å². The third-order valence-electron chi connectivity index (χ3n) is 2.72. The molecule has 102 valence electrons. The number of fused-ring (bicyclic) bond motifs is 1. The number of aliphatic hydroxyl groups is 1. The fourth-order valence-electron chi connectivity index (χ4n) is 1.89. The summed E-state index contributed by atoms with van der Waals surface area (Å²) in [6.45, 7) is -0.957. The molecule has 0 saturated heterocycles. The van der Waals surface area contributed by atoms with Crippen LogP contribution >= 0.6 is 0 Å². The Hall–Kier alpha value is -2.28. The first-order valence-electron chi connectivity index (χ1n) is 5.53. The van der Waals surface area contributed by atoms with Crippen LogP contribution in [0.25, 0.3) is 0 Å². The van der Waals surface area contributed by atoms with Crippen molar-refractivity contribution in [3.63, 3.8) is 0 Å². The molecule has 1 amide bonds. The molecule has 0 atom stereocenters. The normalized spacial score (nSPS) is 13.8. The summed E-state index contributed by atoms with van der Waals surface area (Å²) in [5, 5.41) is 18.0. The Morgan fingerprint density at radius 2 is 2.26 bits per heavy atom. The van der Waals surface area contributed by atoms with Gasteiger partial charge in [-0.15, -0.1) is 0 Å². The number of carboxylic acids is 1. The summed E-state index contributed by atoms with van der Waals surface area (Å²) in [5.74, 6) is -0.924. The second-order valence-corrected chi connectivity index (χ2v) is 3.97. The van der Waals surface area contributed by atoms with Gasteiger partial charge in [-0.3, -0.25) is 14.5 Å². The average Bonchev–Trinajstić information content (AvgIpc) is 2.40. The Morgan fingerprint density at radius 1 is 1.53 bits per heavy atom. The molecule has 1 aromatic rings. The number of hydrogen-bond donors (Lipinski definition) is 2. The summed E-state index contributed by atoms with van der Waals surface area (Å²) >= 11 is 0. The number of rotatable bonds is 4. The van der Waals surface area contributed by atoms with Gasteiger partial charge in [-0.1, -0.05) is 0 Å². The lowest BCUT2D eigenvalue weighted by molar-refractivity contribution is -0.137. The van der Waals surface area contributed by atoms with Crippen LogP contribution in [0.2, 0.25) is 0 Å². The monoisotopic (exact) mass is 267 g/mol. The number of benzene rings is 1. The van der Waals surface area contributed by atoms with E-state index in [1.807, 2.05) is 0 Å². The minimum Gasteiger partial charge on any atom is -0.493 e. The van der Waals surface area contributed by atoms with Crippen LogP contribution in [0.4, 0.5) is 5.69 Å². The minimum absolute atomic E-state index is 0.241. The summed E-state index contributed by atoms with van der Waals surface area (Å²) in [7, 11) is 1.43. The van der Waals surface area contributed by atoms with E-state index in [-0.39, 0.29) is 13.2 Å². The Bertz CT molecular complexity index is 527. The number of anilines is 1. The summed E-state index contributed by atoms with van der Waals surface area (Å²) in [5.41, 5.74) is 0.798. The molecule has 0 saturated carbocycles. The van der Waals surface area contributed by atoms with Gasteiger partial charge in [-0.05, 0) is 17.7 Å². The van der Waals surface area contributed by atoms with E-state index in [2.05, 4.69) is 0 Å². The fourth-order valence-corrected chi connectivity index (χ4v) is 1.89. The Kier molecular flexibility index (Phi) is 3.57. The van der Waals surface area contributed by atoms with Crippen molar-refractivity contribution < 1.29 is 29.3 Å². The zero-order chi connectivity index (χ0) is 14.0. The Balaban J connectivity index is 2.53. The molecule has 0 bridgehead atoms. The van der Waals surface area contributed by atoms with Crippen molar-refractivity contribution in [1.82, 2.24) is 0 Å². The van der Waals surface area contributed by atoms with E-state index in [9.17, 15) is 14.7 Å². The summed E-state index contributed by atoms with van der Waals surface area (Å²) in [6, 6.07) is 3.09. The molecular weight excluding hydrogens is 254 g/mol. The molecule has 2 rings (SSSR count). The molecule has 1 aliphatic heterocycles. The van der Waals surface area contributed by atoms with Crippen LogP contribution in [0.3, 0.4) is 0 Å². The topological polar surface area (TPSA) is 96.3 Å². The molecule has 19 heavy (non-hydrogen) atoms. The van der Waals surface area contributed by atoms with Crippen molar-refractivity contribution in [2.24, 2.45) is 0 Å². The second kappa shape index (κ2) is 5.15. The van der Waals surface area contributed by atoms with Crippen LogP contribution in [0.1, 0.15) is 5.56 Å². The molecule has 2 N–H and O–H groups in total. The van der Waals surface area contributed by atoms with Crippen LogP contribution in [0.5, 0.6) is 11.5 Å². The van der Waals surface area contributed by atoms with Crippen LogP contribution in [0, 0.1) is 0 Å². The number of methoxy groups -OCH3 is 1. The molecule has 0 aliphatic carbocycles. The maximum Gasteiger partial charge on any atom is 0.323 e. The number of amides is 1. The predicted octanol–water partition coefficient (Wildman–Crippen LogP) is -0.00250. The van der Waals surface area contributed by atoms with Gasteiger partial charge in [-0.2, -0.15) is 0 Å². The first-order chi connectivity index (χ1) is 9.06. The lowest BCUT2D eigenvalue weighted by Gasteiger charge is -2.29. The summed E-state index contributed by atoms with van der Waals surface area (Å²) in [6.07, 6.45) is 0. The summed E-state index contributed by atoms with van der Waals surface area (Å²) in [4.78, 5) is 23.6. The molecule has 1 aliphatic rings. The van der Waals surface area contributed by atoms with Crippen LogP contribution < -0.4 is 14.4 Å². The number of hydrogen-bond acceptors (Lipinski definition) is 5. The van der Waals surface area contributed by atoms with Crippen molar-refractivity contribution in [3.8, 4) is 11.5 Å². The molecule has 1 heterocycles. The molecule has 1 aromatic carbocycles. The van der Waals surface area contributed by atoms with Crippen molar-refractivity contribution in [2.45, 2.75) is 6.61 Å². The van der Waals surface area contributed by atoms with Crippen LogP contribution in [-0.2, 0) is 16.2 Å². The highest BCUT2D eigenvalue weighted by molar-refractivity contribution is 6.01. The van der Waals surface area contributed by atoms with E-state index in [0.29, 0.717) is 22.7 Å². The first kappa shape index (κ1) is 13.2. The maximum atomic E-state index is 11.7. The van der Waals surface area contributed by atoms with Gasteiger partial charge < -0.3 is 19.7 Å². The number of ether oxygens (including phenoxy) is 2. The van der Waals surface area contributed by atoms with E-state index < -0.39 is 18.4 Å². The number of aliphatic hydroxyl groups excluding tert-OH is 1. The smallest absolute Gasteiger partial charge is 0.323 e. The number of aliphatic carboxylic acids is 1. The highest BCUT2D eigenvalue weighted by atomic mass is 16.5. The van der Waals surface area contributed by atoms with Crippen molar-refractivity contribution in [3.05, 3.63) is 17.7 Å². The second-order valence-electron chi connectivity index (χ2n) is 3.97. The number of nitrogens with zero attached hydrogens (tertiary/aromatic N) is 1. The molecule has 7 nitrogen and oxygen atoms in total. The Labute approximate surface area is 109 Å². The van der Waals surface area contributed by atoms with Gasteiger partial charge in [0.05, 0.1) is 19.4 Å². The highest BCUT2D eigenvalue weighted by Gasteiger charge is 2.30. The highest BCUT2D eigenvalue weighted by Crippen LogP contribution is 2.41. The molecular formula is C12H13NO6. The number of carbonyl (C=O) groups is 2. The van der Waals surface area contributed by atoms with E-state index in [0.717, 1.165) is 4.90 Å². The molecule has 0 unspecified atom stereocenters. The van der Waals surface area contributed by atoms with Crippen LogP contribution in [0.15, 0.2) is 12.1 Å². The Morgan fingerprint density at radius 3 is 2.84 bits per heavy atom. The van der Waals surface area contributed by atoms with Gasteiger partial charge in [0.25, 0.3) is 5.91 Å². The first-order valence-corrected chi connectivity index (χ1v) is 5.53. The predicted molar refractivity (Wildman–Crippen MR) is 64.4 cm³/mol. The molecule has 7 heteroatoms. The quantitative estimate of drug-likeness (QED) is 0.797. The summed E-state index contributed by atoms with van der Waals surface area (Å²) < 4.78 is 10.4.